The highest BCUT2D eigenvalue weighted by Gasteiger charge is 2.51. The molecule has 2 unspecified atom stereocenters. The standard InChI is InChI=1S/C20H30B10N4O7/c1-12-10-33(18(38)32-16(12)36)11-15(35)34(7-6-31-19(39)41-20(2,3)4)14(17(37)40-5)8-13-9-26(13)30(28(23)24)29(25)27(21)22/h10,13-14H,6-9,11H2,1-5H3,(H,31,39)(H,32,36,38). The average Bonchev–Trinajstić information content (AvgIpc) is 3.60. The van der Waals surface area contributed by atoms with Crippen LogP contribution in [0, 0.1) is 6.92 Å². The van der Waals surface area contributed by atoms with Crippen molar-refractivity contribution in [3.05, 3.63) is 32.6 Å². The second-order valence-electron chi connectivity index (χ2n) is 11.5. The molecule has 2 heterocycles. The number of carbonyl (C=O) groups excluding carboxylic acids is 3. The number of aryl methyl sites for hydroxylation is 1. The van der Waals surface area contributed by atoms with Crippen molar-refractivity contribution < 1.29 is 23.9 Å². The molecular weight excluding hydrogens is 516 g/mol. The summed E-state index contributed by atoms with van der Waals surface area (Å²) < 4.78 is 11.3. The van der Waals surface area contributed by atoms with Crippen molar-refractivity contribution in [1.82, 2.24) is 19.8 Å². The summed E-state index contributed by atoms with van der Waals surface area (Å²) in [6, 6.07) is -1.08. The molecule has 0 saturated carbocycles. The Morgan fingerprint density at radius 3 is 2.37 bits per heavy atom. The van der Waals surface area contributed by atoms with Gasteiger partial charge in [0.2, 0.25) is 5.91 Å². The van der Waals surface area contributed by atoms with Crippen LogP contribution in [0.3, 0.4) is 0 Å². The zero-order chi connectivity index (χ0) is 31.2. The number of ether oxygens (including phenoxy) is 2. The van der Waals surface area contributed by atoms with Crippen molar-refractivity contribution in [2.75, 3.05) is 20.2 Å². The van der Waals surface area contributed by atoms with Gasteiger partial charge < -0.3 is 19.7 Å². The molecule has 1 aromatic rings. The number of H-pyrrole nitrogens is 1. The summed E-state index contributed by atoms with van der Waals surface area (Å²) in [6.45, 7) is 5.84. The number of nitrogens with zero attached hydrogens (tertiary/aromatic N) is 2. The Hall–Kier alpha value is -2.46. The predicted octanol–water partition coefficient (Wildman–Crippen LogP) is -3.37. The molecule has 2 atom stereocenters. The van der Waals surface area contributed by atoms with Crippen LogP contribution >= 0.6 is 0 Å². The summed E-state index contributed by atoms with van der Waals surface area (Å²) in [4.78, 5) is 66.3. The van der Waals surface area contributed by atoms with E-state index in [1.807, 2.05) is 0 Å². The maximum absolute atomic E-state index is 13.6. The summed E-state index contributed by atoms with van der Waals surface area (Å²) in [5, 5.41) is 2.57. The monoisotopic (exact) mass is 548 g/mol. The maximum Gasteiger partial charge on any atom is 0.407 e. The maximum atomic E-state index is 13.6. The number of hydrogen-bond donors (Lipinski definition) is 2. The van der Waals surface area contributed by atoms with E-state index in [1.165, 1.54) is 25.1 Å². The quantitative estimate of drug-likeness (QED) is 0.194. The predicted molar refractivity (Wildman–Crippen MR) is 169 cm³/mol. The van der Waals surface area contributed by atoms with Gasteiger partial charge in [-0.2, -0.15) is 0 Å². The van der Waals surface area contributed by atoms with E-state index in [9.17, 15) is 24.0 Å². The number of rotatable bonds is 13. The van der Waals surface area contributed by atoms with Crippen molar-refractivity contribution in [2.45, 2.75) is 64.4 Å². The summed E-state index contributed by atoms with van der Waals surface area (Å²) in [5.74, 6) is -1.43. The molecule has 1 fully saturated rings. The van der Waals surface area contributed by atoms with Gasteiger partial charge in [0.1, 0.15) is 18.2 Å². The second kappa shape index (κ2) is 14.6. The normalized spacial score (nSPS) is 14.9. The third kappa shape index (κ3) is 10.1. The number of amides is 2. The number of alkyl carbamates (subject to hydrolysis) is 1. The molecule has 21 heteroatoms. The Kier molecular flexibility index (Phi) is 12.4. The minimum Gasteiger partial charge on any atom is -0.467 e. The molecule has 2 amide bonds. The number of hydrogen-bond acceptors (Lipinski definition) is 7. The first-order valence-corrected chi connectivity index (χ1v) is 13.4. The van der Waals surface area contributed by atoms with Crippen LogP contribution in [0.4, 0.5) is 4.79 Å². The van der Waals surface area contributed by atoms with E-state index >= 15 is 0 Å². The van der Waals surface area contributed by atoms with Crippen molar-refractivity contribution in [3.63, 3.8) is 0 Å². The Balaban J connectivity index is 2.32. The Morgan fingerprint density at radius 2 is 1.83 bits per heavy atom. The third-order valence-corrected chi connectivity index (χ3v) is 7.02. The van der Waals surface area contributed by atoms with Crippen LogP contribution in [0.1, 0.15) is 32.8 Å². The molecule has 202 valence electrons. The molecule has 2 rings (SSSR count). The first kappa shape index (κ1) is 34.7. The zero-order valence-corrected chi connectivity index (χ0v) is 24.3. The molecule has 1 saturated heterocycles. The fourth-order valence-corrected chi connectivity index (χ4v) is 4.89. The van der Waals surface area contributed by atoms with E-state index in [-0.39, 0.29) is 37.5 Å². The van der Waals surface area contributed by atoms with E-state index in [2.05, 4.69) is 10.3 Å². The number of aromatic nitrogens is 2. The number of methoxy groups -OCH3 is 1. The fraction of sp³-hybridized carbons (Fsp3) is 0.650. The largest absolute Gasteiger partial charge is 0.467 e. The zero-order valence-electron chi connectivity index (χ0n) is 24.3. The van der Waals surface area contributed by atoms with Gasteiger partial charge in [-0.05, 0) is 34.1 Å². The Morgan fingerprint density at radius 1 is 1.20 bits per heavy atom. The van der Waals surface area contributed by atoms with Gasteiger partial charge in [-0.25, -0.2) is 14.4 Å². The van der Waals surface area contributed by atoms with Crippen LogP contribution in [0.5, 0.6) is 0 Å². The lowest BCUT2D eigenvalue weighted by Crippen LogP contribution is -2.63. The van der Waals surface area contributed by atoms with Gasteiger partial charge >= 0.3 is 17.8 Å². The third-order valence-electron chi connectivity index (χ3n) is 7.02. The topological polar surface area (TPSA) is 140 Å². The van der Waals surface area contributed by atoms with Gasteiger partial charge in [0.25, 0.3) is 5.56 Å². The summed E-state index contributed by atoms with van der Waals surface area (Å²) in [6.07, 6.45) is -1.45. The lowest BCUT2D eigenvalue weighted by Gasteiger charge is -2.31. The van der Waals surface area contributed by atoms with Gasteiger partial charge in [-0.3, -0.25) is 19.1 Å². The number of esters is 1. The smallest absolute Gasteiger partial charge is 0.407 e. The second-order valence-corrected chi connectivity index (χ2v) is 11.5. The molecular formula is C20H30B10N4O7. The van der Waals surface area contributed by atoms with Crippen LogP contribution in [-0.2, 0) is 25.6 Å². The van der Waals surface area contributed by atoms with Crippen LogP contribution in [0.15, 0.2) is 15.8 Å². The summed E-state index contributed by atoms with van der Waals surface area (Å²) in [5.41, 5.74) is -1.89. The minimum absolute atomic E-state index is 0.0645. The molecule has 1 aliphatic heterocycles. The van der Waals surface area contributed by atoms with Gasteiger partial charge in [-0.1, -0.05) is 12.1 Å². The van der Waals surface area contributed by atoms with Crippen LogP contribution in [0.2, 0.25) is 12.1 Å². The first-order chi connectivity index (χ1) is 19.0. The van der Waals surface area contributed by atoms with Gasteiger partial charge in [0.15, 0.2) is 0 Å². The Bertz CT molecular complexity index is 1210. The van der Waals surface area contributed by atoms with E-state index in [1.54, 1.807) is 20.8 Å². The fourth-order valence-electron chi connectivity index (χ4n) is 4.89. The first-order valence-electron chi connectivity index (χ1n) is 13.4. The van der Waals surface area contributed by atoms with E-state index in [0.717, 1.165) is 4.57 Å². The van der Waals surface area contributed by atoms with Crippen molar-refractivity contribution in [2.24, 2.45) is 0 Å². The van der Waals surface area contributed by atoms with E-state index in [4.69, 9.17) is 48.2 Å². The highest BCUT2D eigenvalue weighted by atomic mass is 16.6. The SMILES string of the molecule is [B]B([B])B([B])B(B([B])[B])B1CC1CC(C(=O)OC)N(CCNC(=O)OC(C)(C)C)C(=O)Cn1cc(C)c(=O)[nH]c1=O. The van der Waals surface area contributed by atoms with Gasteiger partial charge in [-0.15, -0.1) is 0 Å². The molecule has 11 nitrogen and oxygen atoms in total. The summed E-state index contributed by atoms with van der Waals surface area (Å²) >= 11 is 0. The minimum atomic E-state index is -1.08. The number of carbonyl (C=O) groups is 3. The lowest BCUT2D eigenvalue weighted by molar-refractivity contribution is -0.153. The van der Waals surface area contributed by atoms with Crippen molar-refractivity contribution in [1.29, 1.82) is 0 Å². The van der Waals surface area contributed by atoms with Crippen LogP contribution in [0.25, 0.3) is 0 Å². The highest BCUT2D eigenvalue weighted by molar-refractivity contribution is 8.01. The van der Waals surface area contributed by atoms with Crippen LogP contribution in [-0.4, -0.2) is 135 Å². The molecule has 10 radical (unpaired) electrons. The molecule has 2 N–H and O–H groups in total. The number of aromatic amines is 1. The molecule has 1 aromatic heterocycles. The van der Waals surface area contributed by atoms with Crippen molar-refractivity contribution in [3.8, 4) is 0 Å². The molecule has 0 aromatic carbocycles. The van der Waals surface area contributed by atoms with E-state index in [0.29, 0.717) is 6.32 Å². The molecule has 0 aliphatic carbocycles. The van der Waals surface area contributed by atoms with Gasteiger partial charge in [0, 0.05) is 89.1 Å². The molecule has 1 aliphatic rings. The Labute approximate surface area is 249 Å². The number of nitrogens with one attached hydrogen (secondary N) is 2. The average molecular weight is 547 g/mol. The molecule has 0 spiro atoms. The van der Waals surface area contributed by atoms with E-state index < -0.39 is 72.9 Å². The lowest BCUT2D eigenvalue weighted by atomic mass is 8.57. The summed E-state index contributed by atoms with van der Waals surface area (Å²) in [7, 11) is 30.9. The van der Waals surface area contributed by atoms with Gasteiger partial charge in [0.05, 0.1) is 13.7 Å². The van der Waals surface area contributed by atoms with Crippen LogP contribution < -0.4 is 16.6 Å². The highest BCUT2D eigenvalue weighted by Crippen LogP contribution is 2.44. The molecule has 41 heavy (non-hydrogen) atoms. The van der Waals surface area contributed by atoms with Crippen molar-refractivity contribution >= 4 is 88.8 Å². The molecule has 0 bridgehead atoms.